The summed E-state index contributed by atoms with van der Waals surface area (Å²) >= 11 is 7.53. The third kappa shape index (κ3) is 6.75. The van der Waals surface area contributed by atoms with Gasteiger partial charge in [-0.25, -0.2) is 0 Å². The molecule has 0 spiro atoms. The number of hydrogen-bond donors (Lipinski definition) is 3. The first-order valence-corrected chi connectivity index (χ1v) is 14.5. The van der Waals surface area contributed by atoms with Crippen molar-refractivity contribution >= 4 is 56.9 Å². The first-order valence-electron chi connectivity index (χ1n) is 13.3. The Balaban J connectivity index is 1.28. The summed E-state index contributed by atoms with van der Waals surface area (Å²) in [5, 5.41) is 12.1. The lowest BCUT2D eigenvalue weighted by Crippen LogP contribution is -2.44. The molecule has 2 atom stereocenters. The average molecular weight is 562 g/mol. The Hall–Kier alpha value is -3.49. The van der Waals surface area contributed by atoms with Gasteiger partial charge in [-0.2, -0.15) is 0 Å². The Kier molecular flexibility index (Phi) is 8.43. The Morgan fingerprint density at radius 1 is 1.08 bits per heavy atom. The summed E-state index contributed by atoms with van der Waals surface area (Å²) in [5.74, 6) is 0.00239. The largest absolute Gasteiger partial charge is 0.376 e. The zero-order chi connectivity index (χ0) is 27.4. The average Bonchev–Trinajstić information content (AvgIpc) is 3.63. The zero-order valence-corrected chi connectivity index (χ0v) is 23.6. The second-order valence-electron chi connectivity index (χ2n) is 10.2. The molecule has 3 heterocycles. The molecular weight excluding hydrogens is 530 g/mol. The lowest BCUT2D eigenvalue weighted by molar-refractivity contribution is -0.118. The van der Waals surface area contributed by atoms with E-state index in [-0.39, 0.29) is 17.9 Å². The molecule has 0 aliphatic heterocycles. The molecule has 0 bridgehead atoms. The molecule has 1 fully saturated rings. The van der Waals surface area contributed by atoms with E-state index in [0.717, 1.165) is 39.9 Å². The molecule has 1 aliphatic carbocycles. The molecule has 5 rings (SSSR count). The lowest BCUT2D eigenvalue weighted by Gasteiger charge is -2.21. The molecule has 3 N–H and O–H groups in total. The van der Waals surface area contributed by atoms with Gasteiger partial charge in [0.2, 0.25) is 5.91 Å². The highest BCUT2D eigenvalue weighted by Crippen LogP contribution is 2.31. The SMILES string of the molecule is Cc1ncc(Cl)cc1N[C@@H](C)c1ccc(C(=O)N[C@@H](CC2CCCC2)C(=O)Nc2ccc3cnccc3c2)s1. The van der Waals surface area contributed by atoms with Crippen LogP contribution in [0.1, 0.15) is 65.3 Å². The molecule has 1 aromatic carbocycles. The van der Waals surface area contributed by atoms with Crippen LogP contribution >= 0.6 is 22.9 Å². The van der Waals surface area contributed by atoms with Gasteiger partial charge in [-0.05, 0) is 68.0 Å². The van der Waals surface area contributed by atoms with Crippen molar-refractivity contribution in [3.8, 4) is 0 Å². The minimum atomic E-state index is -0.616. The standard InChI is InChI=1S/C30H32ClN5O2S/c1-18-25(15-23(31)17-33-18)34-19(2)27-9-10-28(39-27)30(38)36-26(13-20-5-3-4-6-20)29(37)35-24-8-7-22-16-32-12-11-21(22)14-24/h7-12,14-17,19-20,26,34H,3-6,13H2,1-2H3,(H,35,37)(H,36,38)/t19-,26-/m0/s1. The predicted octanol–water partition coefficient (Wildman–Crippen LogP) is 7.14. The maximum absolute atomic E-state index is 13.4. The molecule has 7 nitrogen and oxygen atoms in total. The number of aromatic nitrogens is 2. The molecular formula is C30H32ClN5O2S. The number of hydrogen-bond acceptors (Lipinski definition) is 6. The van der Waals surface area contributed by atoms with Crippen molar-refractivity contribution < 1.29 is 9.59 Å². The quantitative estimate of drug-likeness (QED) is 0.202. The number of aryl methyl sites for hydroxylation is 1. The molecule has 0 radical (unpaired) electrons. The first-order chi connectivity index (χ1) is 18.9. The molecule has 0 saturated heterocycles. The van der Waals surface area contributed by atoms with Crippen LogP contribution in [0.5, 0.6) is 0 Å². The van der Waals surface area contributed by atoms with E-state index in [1.54, 1.807) is 18.6 Å². The Bertz CT molecular complexity index is 1480. The Morgan fingerprint density at radius 2 is 1.90 bits per heavy atom. The number of anilines is 2. The van der Waals surface area contributed by atoms with Crippen molar-refractivity contribution in [2.75, 3.05) is 10.6 Å². The van der Waals surface area contributed by atoms with Gasteiger partial charge in [-0.3, -0.25) is 19.6 Å². The second-order valence-corrected chi connectivity index (χ2v) is 11.7. The summed E-state index contributed by atoms with van der Waals surface area (Å²) in [6, 6.07) is 12.6. The fourth-order valence-electron chi connectivity index (χ4n) is 5.10. The number of nitrogens with zero attached hydrogens (tertiary/aromatic N) is 2. The van der Waals surface area contributed by atoms with Crippen molar-refractivity contribution in [2.24, 2.45) is 5.92 Å². The van der Waals surface area contributed by atoms with Gasteiger partial charge in [0, 0.05) is 34.5 Å². The van der Waals surface area contributed by atoms with Crippen LogP contribution in [-0.4, -0.2) is 27.8 Å². The summed E-state index contributed by atoms with van der Waals surface area (Å²) in [6.07, 6.45) is 10.3. The molecule has 1 aliphatic rings. The third-order valence-corrected chi connectivity index (χ3v) is 8.75. The molecule has 202 valence electrons. The summed E-state index contributed by atoms with van der Waals surface area (Å²) in [5.41, 5.74) is 2.41. The van der Waals surface area contributed by atoms with E-state index in [1.807, 2.05) is 56.3 Å². The number of rotatable bonds is 9. The second kappa shape index (κ2) is 12.1. The summed E-state index contributed by atoms with van der Waals surface area (Å²) in [7, 11) is 0. The number of thiophene rings is 1. The van der Waals surface area contributed by atoms with E-state index in [4.69, 9.17) is 11.6 Å². The van der Waals surface area contributed by atoms with Crippen LogP contribution in [0.3, 0.4) is 0 Å². The van der Waals surface area contributed by atoms with Gasteiger partial charge >= 0.3 is 0 Å². The van der Waals surface area contributed by atoms with E-state index in [1.165, 1.54) is 24.2 Å². The molecule has 4 aromatic rings. The fourth-order valence-corrected chi connectivity index (χ4v) is 6.17. The Morgan fingerprint density at radius 3 is 2.72 bits per heavy atom. The van der Waals surface area contributed by atoms with Crippen LogP contribution < -0.4 is 16.0 Å². The topological polar surface area (TPSA) is 96.0 Å². The summed E-state index contributed by atoms with van der Waals surface area (Å²) in [6.45, 7) is 3.95. The normalized spacial score (nSPS) is 15.2. The molecule has 9 heteroatoms. The van der Waals surface area contributed by atoms with E-state index in [9.17, 15) is 9.59 Å². The molecule has 1 saturated carbocycles. The number of nitrogens with one attached hydrogen (secondary N) is 3. The predicted molar refractivity (Wildman–Crippen MR) is 159 cm³/mol. The maximum Gasteiger partial charge on any atom is 0.262 e. The van der Waals surface area contributed by atoms with Crippen molar-refractivity contribution in [1.29, 1.82) is 0 Å². The van der Waals surface area contributed by atoms with E-state index in [2.05, 4.69) is 25.9 Å². The molecule has 39 heavy (non-hydrogen) atoms. The van der Waals surface area contributed by atoms with Crippen LogP contribution in [0.25, 0.3) is 10.8 Å². The summed E-state index contributed by atoms with van der Waals surface area (Å²) in [4.78, 5) is 36.8. The fraction of sp³-hybridized carbons (Fsp3) is 0.333. The minimum absolute atomic E-state index is 0.0452. The third-order valence-electron chi connectivity index (χ3n) is 7.28. The minimum Gasteiger partial charge on any atom is -0.376 e. The highest BCUT2D eigenvalue weighted by atomic mass is 35.5. The van der Waals surface area contributed by atoms with E-state index >= 15 is 0 Å². The van der Waals surface area contributed by atoms with Crippen LogP contribution in [-0.2, 0) is 4.79 Å². The van der Waals surface area contributed by atoms with Gasteiger partial charge in [0.1, 0.15) is 6.04 Å². The van der Waals surface area contributed by atoms with Crippen molar-refractivity contribution in [2.45, 2.75) is 58.0 Å². The Labute approximate surface area is 237 Å². The number of amides is 2. The number of benzene rings is 1. The monoisotopic (exact) mass is 561 g/mol. The highest BCUT2D eigenvalue weighted by Gasteiger charge is 2.28. The van der Waals surface area contributed by atoms with Crippen LogP contribution in [0.15, 0.2) is 61.1 Å². The van der Waals surface area contributed by atoms with Gasteiger partial charge in [0.15, 0.2) is 0 Å². The lowest BCUT2D eigenvalue weighted by atomic mass is 9.97. The van der Waals surface area contributed by atoms with Crippen LogP contribution in [0, 0.1) is 12.8 Å². The smallest absolute Gasteiger partial charge is 0.262 e. The molecule has 3 aromatic heterocycles. The number of halogens is 1. The van der Waals surface area contributed by atoms with Crippen molar-refractivity contribution in [1.82, 2.24) is 15.3 Å². The number of fused-ring (bicyclic) bond motifs is 1. The maximum atomic E-state index is 13.4. The zero-order valence-electron chi connectivity index (χ0n) is 22.0. The van der Waals surface area contributed by atoms with Gasteiger partial charge in [0.05, 0.1) is 27.3 Å². The molecule has 2 amide bonds. The molecule has 0 unspecified atom stereocenters. The van der Waals surface area contributed by atoms with E-state index in [0.29, 0.717) is 27.9 Å². The van der Waals surface area contributed by atoms with Crippen LogP contribution in [0.2, 0.25) is 5.02 Å². The number of carbonyl (C=O) groups is 2. The van der Waals surface area contributed by atoms with Gasteiger partial charge in [0.25, 0.3) is 5.91 Å². The van der Waals surface area contributed by atoms with Crippen molar-refractivity contribution in [3.63, 3.8) is 0 Å². The van der Waals surface area contributed by atoms with Crippen LogP contribution in [0.4, 0.5) is 11.4 Å². The van der Waals surface area contributed by atoms with Gasteiger partial charge in [-0.1, -0.05) is 43.4 Å². The van der Waals surface area contributed by atoms with Crippen molar-refractivity contribution in [3.05, 3.63) is 81.5 Å². The highest BCUT2D eigenvalue weighted by molar-refractivity contribution is 7.14. The first kappa shape index (κ1) is 27.1. The van der Waals surface area contributed by atoms with Gasteiger partial charge < -0.3 is 16.0 Å². The van der Waals surface area contributed by atoms with E-state index < -0.39 is 6.04 Å². The number of pyridine rings is 2. The number of carbonyl (C=O) groups excluding carboxylic acids is 2. The summed E-state index contributed by atoms with van der Waals surface area (Å²) < 4.78 is 0. The van der Waals surface area contributed by atoms with Gasteiger partial charge in [-0.15, -0.1) is 11.3 Å².